The number of carbonyl (C=O) groups excluding carboxylic acids is 2. The van der Waals surface area contributed by atoms with E-state index in [4.69, 9.17) is 14.3 Å². The van der Waals surface area contributed by atoms with Gasteiger partial charge in [-0.15, -0.1) is 0 Å². The summed E-state index contributed by atoms with van der Waals surface area (Å²) in [5.74, 6) is -0.340. The Morgan fingerprint density at radius 3 is 2.62 bits per heavy atom. The van der Waals surface area contributed by atoms with Gasteiger partial charge >= 0.3 is 5.97 Å². The predicted molar refractivity (Wildman–Crippen MR) is 70.0 cm³/mol. The molecule has 110 valence electrons. The van der Waals surface area contributed by atoms with Crippen molar-refractivity contribution in [2.24, 2.45) is 0 Å². The number of carbonyl (C=O) groups is 3. The van der Waals surface area contributed by atoms with Gasteiger partial charge in [0.2, 0.25) is 0 Å². The van der Waals surface area contributed by atoms with Crippen molar-refractivity contribution in [3.05, 3.63) is 47.2 Å². The lowest BCUT2D eigenvalue weighted by Gasteiger charge is -2.08. The van der Waals surface area contributed by atoms with Crippen molar-refractivity contribution in [2.45, 2.75) is 19.8 Å². The Bertz CT molecular complexity index is 654. The van der Waals surface area contributed by atoms with Crippen LogP contribution in [0.15, 0.2) is 28.7 Å². The summed E-state index contributed by atoms with van der Waals surface area (Å²) in [5, 5.41) is 8.84. The fraction of sp³-hybridized carbons (Fsp3) is 0.214. The number of carboxylic acid groups (broad SMARTS) is 1. The predicted octanol–water partition coefficient (Wildman–Crippen LogP) is 1.51. The molecule has 0 aliphatic heterocycles. The number of aliphatic carboxylic acids is 1. The third kappa shape index (κ3) is 3.67. The van der Waals surface area contributed by atoms with E-state index >= 15 is 0 Å². The molecule has 2 heterocycles. The lowest BCUT2D eigenvalue weighted by molar-refractivity contribution is -0.137. The summed E-state index contributed by atoms with van der Waals surface area (Å²) >= 11 is 0. The molecule has 0 radical (unpaired) electrons. The molecule has 0 fully saturated rings. The second kappa shape index (κ2) is 6.67. The van der Waals surface area contributed by atoms with Crippen LogP contribution in [0.25, 0.3) is 0 Å². The number of hydrogen-bond donors (Lipinski definition) is 1. The molecule has 0 unspecified atom stereocenters. The summed E-state index contributed by atoms with van der Waals surface area (Å²) in [6, 6.07) is 6.32. The first-order valence-electron chi connectivity index (χ1n) is 6.11. The van der Waals surface area contributed by atoms with Crippen molar-refractivity contribution in [1.82, 2.24) is 4.57 Å². The molecule has 0 atom stereocenters. The molecule has 21 heavy (non-hydrogen) atoms. The third-order valence-corrected chi connectivity index (χ3v) is 2.81. The van der Waals surface area contributed by atoms with E-state index in [1.807, 2.05) is 0 Å². The molecule has 0 aliphatic rings. The molecule has 2 aromatic heterocycles. The highest BCUT2D eigenvalue weighted by Crippen LogP contribution is 2.12. The first-order valence-corrected chi connectivity index (χ1v) is 6.11. The molecule has 0 aliphatic carbocycles. The summed E-state index contributed by atoms with van der Waals surface area (Å²) in [6.07, 6.45) is 1.19. The van der Waals surface area contributed by atoms with Gasteiger partial charge in [-0.1, -0.05) is 0 Å². The van der Waals surface area contributed by atoms with Gasteiger partial charge in [0, 0.05) is 5.69 Å². The Balaban J connectivity index is 1.99. The molecule has 1 N–H and O–H groups in total. The maximum atomic E-state index is 10.9. The van der Waals surface area contributed by atoms with Crippen LogP contribution >= 0.6 is 0 Å². The Morgan fingerprint density at radius 1 is 1.19 bits per heavy atom. The topological polar surface area (TPSA) is 98.7 Å². The molecule has 2 rings (SSSR count). The molecule has 0 aromatic carbocycles. The minimum absolute atomic E-state index is 0.123. The minimum Gasteiger partial charge on any atom is -0.480 e. The van der Waals surface area contributed by atoms with Crippen molar-refractivity contribution in [1.29, 1.82) is 0 Å². The highest BCUT2D eigenvalue weighted by Gasteiger charge is 2.11. The molecule has 0 saturated heterocycles. The summed E-state index contributed by atoms with van der Waals surface area (Å²) in [5.41, 5.74) is 0.846. The smallest absolute Gasteiger partial charge is 0.323 e. The van der Waals surface area contributed by atoms with E-state index in [2.05, 4.69) is 0 Å². The van der Waals surface area contributed by atoms with Crippen LogP contribution in [0.5, 0.6) is 0 Å². The molecule has 0 bridgehead atoms. The van der Waals surface area contributed by atoms with E-state index in [-0.39, 0.29) is 31.2 Å². The van der Waals surface area contributed by atoms with Gasteiger partial charge in [-0.2, -0.15) is 0 Å². The second-order valence-electron chi connectivity index (χ2n) is 4.26. The molecule has 0 saturated carbocycles. The van der Waals surface area contributed by atoms with Gasteiger partial charge in [-0.3, -0.25) is 14.4 Å². The largest absolute Gasteiger partial charge is 0.480 e. The molecule has 2 aromatic rings. The SMILES string of the molecule is O=Cc1ccc(COCc2ccc(C=O)n2CC(=O)O)o1. The quantitative estimate of drug-likeness (QED) is 0.740. The van der Waals surface area contributed by atoms with Crippen molar-refractivity contribution in [2.75, 3.05) is 0 Å². The van der Waals surface area contributed by atoms with Crippen LogP contribution in [0.3, 0.4) is 0 Å². The number of rotatable bonds is 8. The zero-order chi connectivity index (χ0) is 15.2. The number of furan rings is 1. The van der Waals surface area contributed by atoms with Gasteiger partial charge in [-0.25, -0.2) is 0 Å². The van der Waals surface area contributed by atoms with E-state index in [0.29, 0.717) is 24.0 Å². The number of aldehydes is 2. The van der Waals surface area contributed by atoms with Gasteiger partial charge in [-0.05, 0) is 24.3 Å². The lowest BCUT2D eigenvalue weighted by Crippen LogP contribution is -2.14. The van der Waals surface area contributed by atoms with Crippen molar-refractivity contribution >= 4 is 18.5 Å². The van der Waals surface area contributed by atoms with Crippen LogP contribution in [-0.2, 0) is 29.3 Å². The van der Waals surface area contributed by atoms with Crippen LogP contribution in [-0.4, -0.2) is 28.2 Å². The van der Waals surface area contributed by atoms with E-state index in [1.165, 1.54) is 16.7 Å². The lowest BCUT2D eigenvalue weighted by atomic mass is 10.4. The Morgan fingerprint density at radius 2 is 2.00 bits per heavy atom. The van der Waals surface area contributed by atoms with Crippen molar-refractivity contribution in [3.63, 3.8) is 0 Å². The summed E-state index contributed by atoms with van der Waals surface area (Å²) in [4.78, 5) is 32.1. The van der Waals surface area contributed by atoms with Crippen LogP contribution in [0.4, 0.5) is 0 Å². The van der Waals surface area contributed by atoms with Gasteiger partial charge in [0.1, 0.15) is 18.9 Å². The Hall–Kier alpha value is -2.67. The normalized spacial score (nSPS) is 10.5. The first kappa shape index (κ1) is 14.7. The fourth-order valence-corrected chi connectivity index (χ4v) is 1.88. The minimum atomic E-state index is -1.04. The van der Waals surface area contributed by atoms with Gasteiger partial charge < -0.3 is 18.8 Å². The number of carboxylic acids is 1. The highest BCUT2D eigenvalue weighted by molar-refractivity contribution is 5.75. The average Bonchev–Trinajstić information content (AvgIpc) is 3.06. The third-order valence-electron chi connectivity index (χ3n) is 2.81. The molecule has 0 amide bonds. The maximum Gasteiger partial charge on any atom is 0.323 e. The van der Waals surface area contributed by atoms with Crippen LogP contribution in [0.1, 0.15) is 32.5 Å². The zero-order valence-electron chi connectivity index (χ0n) is 11.0. The number of ether oxygens (including phenoxy) is 1. The zero-order valence-corrected chi connectivity index (χ0v) is 11.0. The summed E-state index contributed by atoms with van der Waals surface area (Å²) in [7, 11) is 0. The van der Waals surface area contributed by atoms with E-state index in [9.17, 15) is 14.4 Å². The van der Waals surface area contributed by atoms with Gasteiger partial charge in [0.05, 0.1) is 12.3 Å². The fourth-order valence-electron chi connectivity index (χ4n) is 1.88. The van der Waals surface area contributed by atoms with E-state index < -0.39 is 5.97 Å². The molecule has 7 nitrogen and oxygen atoms in total. The van der Waals surface area contributed by atoms with Gasteiger partial charge in [0.15, 0.2) is 18.3 Å². The van der Waals surface area contributed by atoms with Crippen molar-refractivity contribution < 1.29 is 28.6 Å². The van der Waals surface area contributed by atoms with Crippen LogP contribution < -0.4 is 0 Å². The molecular weight excluding hydrogens is 278 g/mol. The molecular formula is C14H13NO6. The highest BCUT2D eigenvalue weighted by atomic mass is 16.5. The monoisotopic (exact) mass is 291 g/mol. The van der Waals surface area contributed by atoms with Crippen molar-refractivity contribution in [3.8, 4) is 0 Å². The van der Waals surface area contributed by atoms with Crippen LogP contribution in [0, 0.1) is 0 Å². The number of nitrogens with zero attached hydrogens (tertiary/aromatic N) is 1. The number of hydrogen-bond acceptors (Lipinski definition) is 5. The average molecular weight is 291 g/mol. The van der Waals surface area contributed by atoms with Gasteiger partial charge in [0.25, 0.3) is 0 Å². The summed E-state index contributed by atoms with van der Waals surface area (Å²) in [6.45, 7) is -0.0451. The van der Waals surface area contributed by atoms with E-state index in [0.717, 1.165) is 0 Å². The Kier molecular flexibility index (Phi) is 4.68. The first-order chi connectivity index (χ1) is 10.1. The molecule has 0 spiro atoms. The second-order valence-corrected chi connectivity index (χ2v) is 4.26. The van der Waals surface area contributed by atoms with E-state index in [1.54, 1.807) is 12.1 Å². The Labute approximate surface area is 119 Å². The standard InChI is InChI=1S/C14H13NO6/c16-6-10-1-2-11(15(10)5-14(18)19)8-20-9-13-4-3-12(7-17)21-13/h1-4,6-7H,5,8-9H2,(H,18,19). The molecule has 7 heteroatoms. The van der Waals surface area contributed by atoms with Crippen LogP contribution in [0.2, 0.25) is 0 Å². The number of aromatic nitrogens is 1. The summed E-state index contributed by atoms with van der Waals surface area (Å²) < 4.78 is 11.9. The maximum absolute atomic E-state index is 10.9.